The lowest BCUT2D eigenvalue weighted by atomic mass is 9.77. The Bertz CT molecular complexity index is 1890. The predicted octanol–water partition coefficient (Wildman–Crippen LogP) is 10.5. The molecule has 7 rings (SSSR count). The number of ether oxygens (including phenoxy) is 2. The first kappa shape index (κ1) is 29.0. The van der Waals surface area contributed by atoms with E-state index in [1.54, 1.807) is 0 Å². The maximum Gasteiger partial charge on any atom is 0.340 e. The summed E-state index contributed by atoms with van der Waals surface area (Å²) in [5.74, 6) is 0.921. The van der Waals surface area contributed by atoms with Crippen molar-refractivity contribution in [3.05, 3.63) is 142 Å². The van der Waals surface area contributed by atoms with E-state index in [0.717, 1.165) is 45.9 Å². The molecule has 2 aliphatic rings. The number of anilines is 4. The Morgan fingerprint density at radius 3 is 2.36 bits per heavy atom. The van der Waals surface area contributed by atoms with Crippen LogP contribution in [0, 0.1) is 0 Å². The van der Waals surface area contributed by atoms with Crippen LogP contribution < -0.4 is 15.0 Å². The third-order valence-corrected chi connectivity index (χ3v) is 9.21. The quantitative estimate of drug-likeness (QED) is 0.132. The topological polar surface area (TPSA) is 50.8 Å². The molecule has 1 spiro atoms. The second-order valence-corrected chi connectivity index (χ2v) is 12.2. The Kier molecular flexibility index (Phi) is 7.72. The van der Waals surface area contributed by atoms with E-state index in [4.69, 9.17) is 21.1 Å². The van der Waals surface area contributed by atoms with Gasteiger partial charge in [-0.2, -0.15) is 0 Å². The molecule has 1 atom stereocenters. The van der Waals surface area contributed by atoms with E-state index in [1.807, 2.05) is 78.9 Å². The van der Waals surface area contributed by atoms with Crippen LogP contribution in [0.2, 0.25) is 5.02 Å². The minimum atomic E-state index is -1.16. The number of nitrogens with zero attached hydrogens (tertiary/aromatic N) is 1. The molecule has 2 heterocycles. The summed E-state index contributed by atoms with van der Waals surface area (Å²) in [5.41, 5.74) is 6.73. The van der Waals surface area contributed by atoms with Crippen LogP contribution in [0.5, 0.6) is 11.5 Å². The van der Waals surface area contributed by atoms with Gasteiger partial charge in [-0.3, -0.25) is 0 Å². The third-order valence-electron chi connectivity index (χ3n) is 8.88. The van der Waals surface area contributed by atoms with Gasteiger partial charge in [0.15, 0.2) is 5.60 Å². The van der Waals surface area contributed by atoms with Crippen LogP contribution in [0.15, 0.2) is 109 Å². The van der Waals surface area contributed by atoms with Crippen LogP contribution in [0.1, 0.15) is 65.2 Å². The van der Waals surface area contributed by atoms with Crippen molar-refractivity contribution in [2.75, 3.05) is 17.3 Å². The molecule has 1 unspecified atom stereocenters. The first-order valence-corrected chi connectivity index (χ1v) is 16.0. The van der Waals surface area contributed by atoms with Gasteiger partial charge >= 0.3 is 5.97 Å². The number of benzene rings is 5. The molecular weight excluding hydrogens is 580 g/mol. The molecule has 226 valence electrons. The summed E-state index contributed by atoms with van der Waals surface area (Å²) in [7, 11) is 2.06. The number of nitrogens with one attached hydrogen (secondary N) is 1. The second-order valence-electron chi connectivity index (χ2n) is 11.8. The van der Waals surface area contributed by atoms with Gasteiger partial charge in [0.2, 0.25) is 0 Å². The Hall–Kier alpha value is -4.74. The molecule has 1 N–H and O–H groups in total. The number of unbranched alkanes of at least 4 members (excludes halogenated alkanes) is 3. The zero-order chi connectivity index (χ0) is 31.0. The lowest BCUT2D eigenvalue weighted by Crippen LogP contribution is -2.33. The summed E-state index contributed by atoms with van der Waals surface area (Å²) in [6, 6.07) is 36.0. The summed E-state index contributed by atoms with van der Waals surface area (Å²) in [6.07, 6.45) is 6.14. The fourth-order valence-electron chi connectivity index (χ4n) is 6.46. The van der Waals surface area contributed by atoms with Gasteiger partial charge in [-0.05, 0) is 79.1 Å². The minimum absolute atomic E-state index is 0.357. The van der Waals surface area contributed by atoms with Crippen molar-refractivity contribution in [2.24, 2.45) is 0 Å². The number of hydrogen-bond acceptors (Lipinski definition) is 5. The molecule has 5 aromatic rings. The molecule has 6 heteroatoms. The Morgan fingerprint density at radius 2 is 1.53 bits per heavy atom. The van der Waals surface area contributed by atoms with Gasteiger partial charge in [0.05, 0.1) is 16.3 Å². The fraction of sp³-hybridized carbons (Fsp3) is 0.205. The number of esters is 1. The van der Waals surface area contributed by atoms with Crippen molar-refractivity contribution in [1.82, 2.24) is 0 Å². The molecule has 0 radical (unpaired) electrons. The Balaban J connectivity index is 1.26. The van der Waals surface area contributed by atoms with Gasteiger partial charge < -0.3 is 19.7 Å². The second kappa shape index (κ2) is 12.0. The van der Waals surface area contributed by atoms with Gasteiger partial charge in [0.1, 0.15) is 11.5 Å². The molecular formula is C39H35ClN2O3. The van der Waals surface area contributed by atoms with E-state index in [-0.39, 0.29) is 5.97 Å². The maximum atomic E-state index is 13.4. The molecule has 5 aromatic carbocycles. The van der Waals surface area contributed by atoms with Crippen molar-refractivity contribution in [3.63, 3.8) is 0 Å². The van der Waals surface area contributed by atoms with Crippen molar-refractivity contribution in [3.8, 4) is 11.5 Å². The number of fused-ring (bicyclic) bond motifs is 6. The van der Waals surface area contributed by atoms with Crippen LogP contribution in [0.3, 0.4) is 0 Å². The SMILES string of the molecule is CCCCCCc1ccc(N(C)c2ccc3c(c2)Oc2ccc(Nc4ccccc4Cl)cc2C32OC(=O)c3ccccc32)cc1. The first-order chi connectivity index (χ1) is 22.0. The summed E-state index contributed by atoms with van der Waals surface area (Å²) in [5, 5.41) is 4.03. The van der Waals surface area contributed by atoms with Gasteiger partial charge in [-0.15, -0.1) is 0 Å². The summed E-state index contributed by atoms with van der Waals surface area (Å²) < 4.78 is 13.0. The number of aryl methyl sites for hydroxylation is 1. The van der Waals surface area contributed by atoms with Crippen LogP contribution in [0.4, 0.5) is 22.7 Å². The zero-order valence-corrected chi connectivity index (χ0v) is 26.2. The lowest BCUT2D eigenvalue weighted by Gasteiger charge is -2.37. The average molecular weight is 615 g/mol. The lowest BCUT2D eigenvalue weighted by molar-refractivity contribution is 0.0224. The molecule has 45 heavy (non-hydrogen) atoms. The summed E-state index contributed by atoms with van der Waals surface area (Å²) in [4.78, 5) is 15.5. The Morgan fingerprint density at radius 1 is 0.756 bits per heavy atom. The predicted molar refractivity (Wildman–Crippen MR) is 182 cm³/mol. The molecule has 5 nitrogen and oxygen atoms in total. The number of hydrogen-bond donors (Lipinski definition) is 1. The maximum absolute atomic E-state index is 13.4. The van der Waals surface area contributed by atoms with Crippen LogP contribution in [-0.4, -0.2) is 13.0 Å². The van der Waals surface area contributed by atoms with E-state index in [2.05, 4.69) is 54.5 Å². The monoisotopic (exact) mass is 614 g/mol. The molecule has 0 fully saturated rings. The zero-order valence-electron chi connectivity index (χ0n) is 25.5. The van der Waals surface area contributed by atoms with Crippen molar-refractivity contribution >= 4 is 40.3 Å². The van der Waals surface area contributed by atoms with E-state index in [9.17, 15) is 4.79 Å². The molecule has 0 saturated heterocycles. The van der Waals surface area contributed by atoms with Crippen molar-refractivity contribution in [1.29, 1.82) is 0 Å². The number of halogens is 1. The Labute approximate surface area is 269 Å². The number of carbonyl (C=O) groups is 1. The largest absolute Gasteiger partial charge is 0.456 e. The standard InChI is InChI=1S/C39H35ClN2O3/c1-3-4-5-6-11-26-16-19-28(20-17-26)42(2)29-21-22-32-37(25-29)44-36-23-18-27(41-35-15-10-9-14-34(35)40)24-33(36)39(32)31-13-8-7-12-30(31)38(43)45-39/h7-10,12-25,41H,3-6,11H2,1-2H3. The van der Waals surface area contributed by atoms with E-state index < -0.39 is 5.60 Å². The number of rotatable bonds is 9. The molecule has 0 aromatic heterocycles. The van der Waals surface area contributed by atoms with Crippen molar-refractivity contribution < 1.29 is 14.3 Å². The summed E-state index contributed by atoms with van der Waals surface area (Å²) in [6.45, 7) is 2.24. The van der Waals surface area contributed by atoms with Gasteiger partial charge in [-0.25, -0.2) is 4.79 Å². The summed E-state index contributed by atoms with van der Waals surface area (Å²) >= 11 is 6.45. The van der Waals surface area contributed by atoms with E-state index in [1.165, 1.54) is 31.2 Å². The van der Waals surface area contributed by atoms with Crippen LogP contribution >= 0.6 is 11.6 Å². The molecule has 0 bridgehead atoms. The van der Waals surface area contributed by atoms with E-state index in [0.29, 0.717) is 22.1 Å². The smallest absolute Gasteiger partial charge is 0.340 e. The van der Waals surface area contributed by atoms with Gasteiger partial charge in [-0.1, -0.05) is 80.3 Å². The van der Waals surface area contributed by atoms with Gasteiger partial charge in [0.25, 0.3) is 0 Å². The highest BCUT2D eigenvalue weighted by Gasteiger charge is 2.53. The minimum Gasteiger partial charge on any atom is -0.456 e. The number of carbonyl (C=O) groups excluding carboxylic acids is 1. The molecule has 2 aliphatic heterocycles. The van der Waals surface area contributed by atoms with E-state index >= 15 is 0 Å². The fourth-order valence-corrected chi connectivity index (χ4v) is 6.64. The third kappa shape index (κ3) is 5.21. The van der Waals surface area contributed by atoms with Gasteiger partial charge in [0, 0.05) is 46.9 Å². The highest BCUT2D eigenvalue weighted by molar-refractivity contribution is 6.33. The molecule has 0 saturated carbocycles. The highest BCUT2D eigenvalue weighted by Crippen LogP contribution is 2.57. The van der Waals surface area contributed by atoms with Crippen molar-refractivity contribution in [2.45, 2.75) is 44.6 Å². The molecule has 0 amide bonds. The van der Waals surface area contributed by atoms with Crippen LogP contribution in [-0.2, 0) is 16.8 Å². The normalized spacial score (nSPS) is 15.9. The average Bonchev–Trinajstić information content (AvgIpc) is 3.36. The molecule has 0 aliphatic carbocycles. The first-order valence-electron chi connectivity index (χ1n) is 15.6. The highest BCUT2D eigenvalue weighted by atomic mass is 35.5. The van der Waals surface area contributed by atoms with Crippen LogP contribution in [0.25, 0.3) is 0 Å². The number of para-hydroxylation sites is 1.